The highest BCUT2D eigenvalue weighted by molar-refractivity contribution is 5.85. The molecule has 0 rings (SSSR count). The molecule has 1 atom stereocenters. The summed E-state index contributed by atoms with van der Waals surface area (Å²) in [6.07, 6.45) is 0.510. The molecular formula is C10H21ClN2O4. The summed E-state index contributed by atoms with van der Waals surface area (Å²) >= 11 is 0. The minimum Gasteiger partial charge on any atom is -0.467 e. The molecule has 0 fully saturated rings. The van der Waals surface area contributed by atoms with E-state index in [0.717, 1.165) is 0 Å². The normalized spacial score (nSPS) is 11.2. The average molecular weight is 269 g/mol. The Labute approximate surface area is 108 Å². The third-order valence-corrected chi connectivity index (χ3v) is 2.00. The van der Waals surface area contributed by atoms with Gasteiger partial charge in [-0.1, -0.05) is 6.92 Å². The van der Waals surface area contributed by atoms with Crippen molar-refractivity contribution in [2.75, 3.05) is 33.9 Å². The molecule has 0 aromatic rings. The van der Waals surface area contributed by atoms with Crippen LogP contribution >= 0.6 is 12.4 Å². The van der Waals surface area contributed by atoms with E-state index in [9.17, 15) is 9.59 Å². The van der Waals surface area contributed by atoms with E-state index in [0.29, 0.717) is 19.6 Å². The zero-order valence-electron chi connectivity index (χ0n) is 10.4. The Balaban J connectivity index is 0. The van der Waals surface area contributed by atoms with Gasteiger partial charge < -0.3 is 20.1 Å². The summed E-state index contributed by atoms with van der Waals surface area (Å²) in [7, 11) is 2.89. The molecule has 102 valence electrons. The van der Waals surface area contributed by atoms with E-state index >= 15 is 0 Å². The van der Waals surface area contributed by atoms with Gasteiger partial charge in [0.1, 0.15) is 6.04 Å². The Morgan fingerprint density at radius 1 is 1.29 bits per heavy atom. The number of amides is 1. The second-order valence-electron chi connectivity index (χ2n) is 3.22. The van der Waals surface area contributed by atoms with Crippen molar-refractivity contribution in [1.82, 2.24) is 10.6 Å². The topological polar surface area (TPSA) is 76.7 Å². The van der Waals surface area contributed by atoms with Gasteiger partial charge in [-0.3, -0.25) is 4.79 Å². The van der Waals surface area contributed by atoms with Crippen molar-refractivity contribution in [3.05, 3.63) is 0 Å². The van der Waals surface area contributed by atoms with Gasteiger partial charge in [0.15, 0.2) is 0 Å². The maximum Gasteiger partial charge on any atom is 0.328 e. The van der Waals surface area contributed by atoms with Crippen molar-refractivity contribution in [2.24, 2.45) is 0 Å². The number of halogens is 1. The molecule has 0 bridgehead atoms. The van der Waals surface area contributed by atoms with Crippen molar-refractivity contribution in [2.45, 2.75) is 19.4 Å². The average Bonchev–Trinajstić information content (AvgIpc) is 2.30. The van der Waals surface area contributed by atoms with Crippen LogP contribution in [0.5, 0.6) is 0 Å². The molecule has 6 nitrogen and oxygen atoms in total. The minimum atomic E-state index is -0.568. The lowest BCUT2D eigenvalue weighted by molar-refractivity contribution is -0.145. The van der Waals surface area contributed by atoms with Gasteiger partial charge in [0.05, 0.1) is 20.3 Å². The highest BCUT2D eigenvalue weighted by Crippen LogP contribution is 1.93. The highest BCUT2D eigenvalue weighted by atomic mass is 35.5. The molecule has 0 spiro atoms. The van der Waals surface area contributed by atoms with Crippen molar-refractivity contribution < 1.29 is 19.1 Å². The summed E-state index contributed by atoms with van der Waals surface area (Å²) in [5.74, 6) is -0.652. The van der Waals surface area contributed by atoms with E-state index in [1.807, 2.05) is 0 Å². The number of hydrogen-bond acceptors (Lipinski definition) is 5. The lowest BCUT2D eigenvalue weighted by Crippen LogP contribution is -2.45. The molecular weight excluding hydrogens is 248 g/mol. The Hall–Kier alpha value is -0.850. The zero-order chi connectivity index (χ0) is 12.4. The van der Waals surface area contributed by atoms with Crippen LogP contribution in [0.25, 0.3) is 0 Å². The summed E-state index contributed by atoms with van der Waals surface area (Å²) in [6.45, 7) is 3.11. The second kappa shape index (κ2) is 11.6. The molecule has 0 aromatic carbocycles. The number of carbonyl (C=O) groups is 2. The third kappa shape index (κ3) is 8.91. The second-order valence-corrected chi connectivity index (χ2v) is 3.22. The molecule has 0 aromatic heterocycles. The predicted octanol–water partition coefficient (Wildman–Crippen LogP) is -0.288. The Kier molecular flexibility index (Phi) is 12.7. The summed E-state index contributed by atoms with van der Waals surface area (Å²) in [5.41, 5.74) is 0. The van der Waals surface area contributed by atoms with Crippen molar-refractivity contribution in [3.8, 4) is 0 Å². The summed E-state index contributed by atoms with van der Waals surface area (Å²) in [4.78, 5) is 22.6. The van der Waals surface area contributed by atoms with Crippen LogP contribution in [0.1, 0.15) is 13.3 Å². The number of ether oxygens (including phenoxy) is 2. The first-order valence-electron chi connectivity index (χ1n) is 5.22. The maximum atomic E-state index is 11.4. The number of rotatable bonds is 8. The van der Waals surface area contributed by atoms with E-state index in [1.54, 1.807) is 14.0 Å². The maximum absolute atomic E-state index is 11.4. The summed E-state index contributed by atoms with van der Waals surface area (Å²) < 4.78 is 9.37. The summed E-state index contributed by atoms with van der Waals surface area (Å²) in [6, 6.07) is -0.568. The van der Waals surface area contributed by atoms with Gasteiger partial charge in [0, 0.05) is 13.7 Å². The van der Waals surface area contributed by atoms with Gasteiger partial charge in [-0.15, -0.1) is 12.4 Å². The van der Waals surface area contributed by atoms with Gasteiger partial charge in [-0.25, -0.2) is 4.79 Å². The van der Waals surface area contributed by atoms with E-state index in [-0.39, 0.29) is 24.9 Å². The van der Waals surface area contributed by atoms with Crippen LogP contribution in [0.15, 0.2) is 0 Å². The van der Waals surface area contributed by atoms with Crippen molar-refractivity contribution in [3.63, 3.8) is 0 Å². The minimum absolute atomic E-state index is 0. The van der Waals surface area contributed by atoms with Gasteiger partial charge in [0.2, 0.25) is 5.91 Å². The molecule has 1 unspecified atom stereocenters. The van der Waals surface area contributed by atoms with Crippen LogP contribution < -0.4 is 10.6 Å². The fourth-order valence-corrected chi connectivity index (χ4v) is 1.09. The third-order valence-electron chi connectivity index (χ3n) is 2.00. The molecule has 0 aliphatic carbocycles. The number of nitrogens with one attached hydrogen (secondary N) is 2. The van der Waals surface area contributed by atoms with Gasteiger partial charge in [-0.2, -0.15) is 0 Å². The van der Waals surface area contributed by atoms with Crippen LogP contribution in [0.2, 0.25) is 0 Å². The number of hydrogen-bond donors (Lipinski definition) is 2. The fourth-order valence-electron chi connectivity index (χ4n) is 1.09. The highest BCUT2D eigenvalue weighted by Gasteiger charge is 2.18. The van der Waals surface area contributed by atoms with Crippen LogP contribution in [-0.2, 0) is 19.1 Å². The largest absolute Gasteiger partial charge is 0.467 e. The molecule has 2 N–H and O–H groups in total. The zero-order valence-corrected chi connectivity index (χ0v) is 11.3. The Morgan fingerprint density at radius 2 is 1.94 bits per heavy atom. The van der Waals surface area contributed by atoms with Gasteiger partial charge in [0.25, 0.3) is 0 Å². The Bertz CT molecular complexity index is 226. The first-order valence-corrected chi connectivity index (χ1v) is 5.22. The van der Waals surface area contributed by atoms with Crippen molar-refractivity contribution in [1.29, 1.82) is 0 Å². The van der Waals surface area contributed by atoms with E-state index < -0.39 is 12.0 Å². The van der Waals surface area contributed by atoms with E-state index in [4.69, 9.17) is 4.74 Å². The molecule has 0 heterocycles. The quantitative estimate of drug-likeness (QED) is 0.467. The first kappa shape index (κ1) is 18.5. The molecule has 1 amide bonds. The SMILES string of the molecule is CCC(NC(=O)CNCCOC)C(=O)OC.Cl. The standard InChI is InChI=1S/C10H20N2O4.ClH/c1-4-8(10(14)16-3)12-9(13)7-11-5-6-15-2;/h8,11H,4-7H2,1-3H3,(H,12,13);1H. The molecule has 17 heavy (non-hydrogen) atoms. The summed E-state index contributed by atoms with van der Waals surface area (Å²) in [5, 5.41) is 5.46. The number of esters is 1. The van der Waals surface area contributed by atoms with Gasteiger partial charge >= 0.3 is 5.97 Å². The lowest BCUT2D eigenvalue weighted by atomic mass is 10.2. The monoisotopic (exact) mass is 268 g/mol. The first-order chi connectivity index (χ1) is 7.65. The van der Waals surface area contributed by atoms with E-state index in [2.05, 4.69) is 15.4 Å². The lowest BCUT2D eigenvalue weighted by Gasteiger charge is -2.14. The smallest absolute Gasteiger partial charge is 0.328 e. The molecule has 0 aliphatic rings. The van der Waals surface area contributed by atoms with Crippen LogP contribution in [0, 0.1) is 0 Å². The fraction of sp³-hybridized carbons (Fsp3) is 0.800. The number of carbonyl (C=O) groups excluding carboxylic acids is 2. The van der Waals surface area contributed by atoms with Crippen LogP contribution in [0.3, 0.4) is 0 Å². The van der Waals surface area contributed by atoms with Gasteiger partial charge in [-0.05, 0) is 6.42 Å². The molecule has 0 saturated heterocycles. The molecule has 0 radical (unpaired) electrons. The van der Waals surface area contributed by atoms with Crippen LogP contribution in [0.4, 0.5) is 0 Å². The molecule has 0 aliphatic heterocycles. The number of methoxy groups -OCH3 is 2. The predicted molar refractivity (Wildman–Crippen MR) is 66.2 cm³/mol. The van der Waals surface area contributed by atoms with Crippen LogP contribution in [-0.4, -0.2) is 51.8 Å². The Morgan fingerprint density at radius 3 is 2.41 bits per heavy atom. The van der Waals surface area contributed by atoms with Crippen molar-refractivity contribution >= 4 is 24.3 Å². The van der Waals surface area contributed by atoms with E-state index in [1.165, 1.54) is 7.11 Å². The molecule has 7 heteroatoms. The molecule has 0 saturated carbocycles.